The third-order valence-corrected chi connectivity index (χ3v) is 6.23. The van der Waals surface area contributed by atoms with E-state index in [0.717, 1.165) is 54.3 Å². The van der Waals surface area contributed by atoms with E-state index in [9.17, 15) is 8.78 Å². The molecule has 5 nitrogen and oxygen atoms in total. The van der Waals surface area contributed by atoms with E-state index >= 15 is 0 Å². The normalized spacial score (nSPS) is 17.3. The third kappa shape index (κ3) is 3.81. The molecule has 1 fully saturated rings. The van der Waals surface area contributed by atoms with Crippen molar-refractivity contribution in [3.05, 3.63) is 53.7 Å². The lowest BCUT2D eigenvalue weighted by atomic mass is 10.1. The number of nitrogens with one attached hydrogen (secondary N) is 2. The predicted octanol–water partition coefficient (Wildman–Crippen LogP) is 6.00. The van der Waals surface area contributed by atoms with Gasteiger partial charge in [0.05, 0.1) is 17.2 Å². The average molecular weight is 436 g/mol. The fourth-order valence-corrected chi connectivity index (χ4v) is 4.68. The molecule has 4 aromatic rings. The molecule has 0 bridgehead atoms. The van der Waals surface area contributed by atoms with Crippen LogP contribution in [-0.4, -0.2) is 39.1 Å². The minimum atomic E-state index is -0.626. The van der Waals surface area contributed by atoms with Crippen molar-refractivity contribution in [1.29, 1.82) is 0 Å². The molecule has 1 unspecified atom stereocenters. The number of fused-ring (bicyclic) bond motifs is 2. The van der Waals surface area contributed by atoms with Gasteiger partial charge in [-0.1, -0.05) is 13.0 Å². The second-order valence-electron chi connectivity index (χ2n) is 8.62. The van der Waals surface area contributed by atoms with E-state index < -0.39 is 11.6 Å². The maximum atomic E-state index is 14.3. The van der Waals surface area contributed by atoms with E-state index in [1.165, 1.54) is 18.9 Å². The lowest BCUT2D eigenvalue weighted by Crippen LogP contribution is -2.44. The van der Waals surface area contributed by atoms with E-state index in [4.69, 9.17) is 9.97 Å². The minimum absolute atomic E-state index is 0.203. The van der Waals surface area contributed by atoms with Gasteiger partial charge in [-0.2, -0.15) is 0 Å². The van der Waals surface area contributed by atoms with Crippen LogP contribution < -0.4 is 5.32 Å². The Morgan fingerprint density at radius 3 is 2.84 bits per heavy atom. The van der Waals surface area contributed by atoms with E-state index in [2.05, 4.69) is 28.2 Å². The smallest absolute Gasteiger partial charge is 0.164 e. The number of benzene rings is 2. The van der Waals surface area contributed by atoms with Gasteiger partial charge in [0.1, 0.15) is 17.5 Å². The van der Waals surface area contributed by atoms with E-state index in [-0.39, 0.29) is 11.7 Å². The first kappa shape index (κ1) is 20.8. The summed E-state index contributed by atoms with van der Waals surface area (Å²) in [7, 11) is 0. The molecule has 1 atom stereocenters. The Hall–Kier alpha value is -3.06. The molecule has 2 N–H and O–H groups in total. The number of anilines is 1. The first-order chi connectivity index (χ1) is 15.5. The molecule has 1 aliphatic heterocycles. The van der Waals surface area contributed by atoms with Crippen LogP contribution in [0.5, 0.6) is 0 Å². The van der Waals surface area contributed by atoms with E-state index in [1.807, 2.05) is 19.1 Å². The highest BCUT2D eigenvalue weighted by Crippen LogP contribution is 2.32. The summed E-state index contributed by atoms with van der Waals surface area (Å²) >= 11 is 0. The molecule has 0 amide bonds. The molecule has 32 heavy (non-hydrogen) atoms. The van der Waals surface area contributed by atoms with Gasteiger partial charge in [-0.25, -0.2) is 18.7 Å². The van der Waals surface area contributed by atoms with Gasteiger partial charge < -0.3 is 10.3 Å². The van der Waals surface area contributed by atoms with Crippen molar-refractivity contribution in [1.82, 2.24) is 19.9 Å². The lowest BCUT2D eigenvalue weighted by Gasteiger charge is -2.36. The zero-order valence-electron chi connectivity index (χ0n) is 18.4. The number of nitrogens with zero attached hydrogens (tertiary/aromatic N) is 3. The topological polar surface area (TPSA) is 56.8 Å². The van der Waals surface area contributed by atoms with Crippen LogP contribution in [0, 0.1) is 18.6 Å². The Morgan fingerprint density at radius 2 is 2.00 bits per heavy atom. The molecule has 3 heterocycles. The Balaban J connectivity index is 1.64. The number of aromatic amines is 1. The molecule has 2 aromatic carbocycles. The molecular weight excluding hydrogens is 408 g/mol. The summed E-state index contributed by atoms with van der Waals surface area (Å²) in [5.41, 5.74) is 2.74. The Bertz CT molecular complexity index is 1280. The van der Waals surface area contributed by atoms with Crippen molar-refractivity contribution in [3.8, 4) is 11.4 Å². The van der Waals surface area contributed by atoms with Crippen molar-refractivity contribution >= 4 is 27.6 Å². The van der Waals surface area contributed by atoms with Crippen LogP contribution >= 0.6 is 0 Å². The van der Waals surface area contributed by atoms with Gasteiger partial charge in [0.15, 0.2) is 5.82 Å². The average Bonchev–Trinajstić information content (AvgIpc) is 3.19. The van der Waals surface area contributed by atoms with E-state index in [1.54, 1.807) is 6.20 Å². The van der Waals surface area contributed by atoms with Gasteiger partial charge in [0.2, 0.25) is 0 Å². The molecule has 0 radical (unpaired) electrons. The van der Waals surface area contributed by atoms with Crippen molar-refractivity contribution in [2.45, 2.75) is 45.7 Å². The zero-order chi connectivity index (χ0) is 22.2. The molecule has 1 aliphatic rings. The summed E-state index contributed by atoms with van der Waals surface area (Å²) < 4.78 is 28.2. The number of rotatable bonds is 5. The number of hydrogen-bond donors (Lipinski definition) is 2. The SMILES string of the molecule is CCCN1CCCCC1Nc1nc(-c2c[nH]c3c(F)cc(F)cc23)nc2cc(C)ccc12. The van der Waals surface area contributed by atoms with Gasteiger partial charge >= 0.3 is 0 Å². The van der Waals surface area contributed by atoms with Gasteiger partial charge in [-0.05, 0) is 62.9 Å². The summed E-state index contributed by atoms with van der Waals surface area (Å²) in [6.45, 7) is 6.33. The van der Waals surface area contributed by atoms with Crippen LogP contribution in [0.2, 0.25) is 0 Å². The number of hydrogen-bond acceptors (Lipinski definition) is 4. The minimum Gasteiger partial charge on any atom is -0.358 e. The third-order valence-electron chi connectivity index (χ3n) is 6.23. The fraction of sp³-hybridized carbons (Fsp3) is 0.360. The Morgan fingerprint density at radius 1 is 1.12 bits per heavy atom. The molecule has 2 aromatic heterocycles. The van der Waals surface area contributed by atoms with Crippen LogP contribution in [0.15, 0.2) is 36.5 Å². The monoisotopic (exact) mass is 435 g/mol. The maximum Gasteiger partial charge on any atom is 0.164 e. The van der Waals surface area contributed by atoms with Crippen LogP contribution in [0.4, 0.5) is 14.6 Å². The second-order valence-corrected chi connectivity index (χ2v) is 8.62. The second kappa shape index (κ2) is 8.47. The number of piperidine rings is 1. The molecule has 0 spiro atoms. The largest absolute Gasteiger partial charge is 0.358 e. The van der Waals surface area contributed by atoms with Gasteiger partial charge in [0, 0.05) is 35.1 Å². The molecule has 166 valence electrons. The molecule has 0 saturated carbocycles. The first-order valence-electron chi connectivity index (χ1n) is 11.3. The highest BCUT2D eigenvalue weighted by molar-refractivity contribution is 5.97. The summed E-state index contributed by atoms with van der Waals surface area (Å²) in [5.74, 6) is -0.0502. The van der Waals surface area contributed by atoms with Crippen molar-refractivity contribution in [2.24, 2.45) is 0 Å². The molecular formula is C25H27F2N5. The van der Waals surface area contributed by atoms with Gasteiger partial charge in [-0.3, -0.25) is 4.90 Å². The molecule has 0 aliphatic carbocycles. The lowest BCUT2D eigenvalue weighted by molar-refractivity contribution is 0.167. The maximum absolute atomic E-state index is 14.3. The molecule has 1 saturated heterocycles. The van der Waals surface area contributed by atoms with Crippen molar-refractivity contribution in [3.63, 3.8) is 0 Å². The van der Waals surface area contributed by atoms with E-state index in [0.29, 0.717) is 16.8 Å². The Kier molecular flexibility index (Phi) is 5.51. The van der Waals surface area contributed by atoms with Gasteiger partial charge in [-0.15, -0.1) is 0 Å². The van der Waals surface area contributed by atoms with Crippen LogP contribution in [0.1, 0.15) is 38.2 Å². The van der Waals surface area contributed by atoms with Crippen molar-refractivity contribution < 1.29 is 8.78 Å². The number of aromatic nitrogens is 3. The fourth-order valence-electron chi connectivity index (χ4n) is 4.68. The summed E-state index contributed by atoms with van der Waals surface area (Å²) in [6, 6.07) is 8.32. The molecule has 5 rings (SSSR count). The quantitative estimate of drug-likeness (QED) is 0.404. The summed E-state index contributed by atoms with van der Waals surface area (Å²) in [4.78, 5) is 15.0. The van der Waals surface area contributed by atoms with Crippen LogP contribution in [0.25, 0.3) is 33.2 Å². The summed E-state index contributed by atoms with van der Waals surface area (Å²) in [5, 5.41) is 5.05. The summed E-state index contributed by atoms with van der Waals surface area (Å²) in [6.07, 6.45) is 6.38. The highest BCUT2D eigenvalue weighted by atomic mass is 19.1. The number of aryl methyl sites for hydroxylation is 1. The highest BCUT2D eigenvalue weighted by Gasteiger charge is 2.23. The first-order valence-corrected chi connectivity index (χ1v) is 11.3. The number of H-pyrrole nitrogens is 1. The standard InChI is InChI=1S/C25H27F2N5/c1-3-9-32-10-5-4-6-22(32)30-24-17-8-7-15(2)11-21(17)29-25(31-24)19-14-28-23-18(19)12-16(26)13-20(23)27/h7-8,11-14,22,28H,3-6,9-10H2,1-2H3,(H,29,30,31). The van der Waals surface area contributed by atoms with Crippen LogP contribution in [0.3, 0.4) is 0 Å². The van der Waals surface area contributed by atoms with Gasteiger partial charge in [0.25, 0.3) is 0 Å². The number of halogens is 2. The molecule has 7 heteroatoms. The number of likely N-dealkylation sites (tertiary alicyclic amines) is 1. The Labute approximate surface area is 185 Å². The van der Waals surface area contributed by atoms with Crippen molar-refractivity contribution in [2.75, 3.05) is 18.4 Å². The predicted molar refractivity (Wildman–Crippen MR) is 125 cm³/mol. The zero-order valence-corrected chi connectivity index (χ0v) is 18.4. The van der Waals surface area contributed by atoms with Crippen LogP contribution in [-0.2, 0) is 0 Å².